The second kappa shape index (κ2) is 3.75. The molecule has 4 heteroatoms. The van der Waals surface area contributed by atoms with Crippen LogP contribution in [0.5, 0.6) is 0 Å². The van der Waals surface area contributed by atoms with E-state index in [1.165, 1.54) is 5.56 Å². The largest absolute Gasteiger partial charge is 0.222 e. The molecule has 0 radical (unpaired) electrons. The van der Waals surface area contributed by atoms with E-state index < -0.39 is 0 Å². The third kappa shape index (κ3) is 1.75. The molecule has 0 aromatic heterocycles. The maximum atomic E-state index is 4.01. The van der Waals surface area contributed by atoms with Gasteiger partial charge in [0, 0.05) is 0 Å². The average Bonchev–Trinajstić information content (AvgIpc) is 2.71. The standard InChI is InChI=1S/C10H14N4/c1-7(2)8-4-3-5-9(6-8)10-11-13-14-12-10/h3-7,10H,1-2H3,(H,11,14)(H,12,13). The zero-order chi connectivity index (χ0) is 9.97. The van der Waals surface area contributed by atoms with Gasteiger partial charge in [-0.15, -0.1) is 5.11 Å². The quantitative estimate of drug-likeness (QED) is 0.751. The molecule has 1 heterocycles. The van der Waals surface area contributed by atoms with Crippen molar-refractivity contribution < 1.29 is 0 Å². The zero-order valence-corrected chi connectivity index (χ0v) is 8.36. The van der Waals surface area contributed by atoms with Crippen LogP contribution < -0.4 is 11.0 Å². The van der Waals surface area contributed by atoms with E-state index in [0.29, 0.717) is 5.92 Å². The van der Waals surface area contributed by atoms with E-state index in [0.717, 1.165) is 5.56 Å². The third-order valence-electron chi connectivity index (χ3n) is 2.32. The second-order valence-electron chi connectivity index (χ2n) is 3.70. The summed E-state index contributed by atoms with van der Waals surface area (Å²) in [6, 6.07) is 8.40. The summed E-state index contributed by atoms with van der Waals surface area (Å²) in [5.41, 5.74) is 8.05. The number of rotatable bonds is 2. The van der Waals surface area contributed by atoms with E-state index in [2.05, 4.69) is 59.4 Å². The highest BCUT2D eigenvalue weighted by Gasteiger charge is 2.13. The van der Waals surface area contributed by atoms with Crippen molar-refractivity contribution >= 4 is 0 Å². The van der Waals surface area contributed by atoms with E-state index in [4.69, 9.17) is 0 Å². The van der Waals surface area contributed by atoms with Gasteiger partial charge in [0.1, 0.15) is 0 Å². The normalized spacial score (nSPS) is 20.1. The lowest BCUT2D eigenvalue weighted by atomic mass is 10.0. The highest BCUT2D eigenvalue weighted by Crippen LogP contribution is 2.21. The maximum Gasteiger partial charge on any atom is 0.166 e. The van der Waals surface area contributed by atoms with Crippen molar-refractivity contribution in [3.8, 4) is 0 Å². The fourth-order valence-electron chi connectivity index (χ4n) is 1.44. The summed E-state index contributed by atoms with van der Waals surface area (Å²) in [6.45, 7) is 4.36. The van der Waals surface area contributed by atoms with Gasteiger partial charge in [-0.2, -0.15) is 5.43 Å². The van der Waals surface area contributed by atoms with E-state index in [-0.39, 0.29) is 6.17 Å². The molecular weight excluding hydrogens is 176 g/mol. The van der Waals surface area contributed by atoms with Crippen LogP contribution in [0.2, 0.25) is 0 Å². The summed E-state index contributed by atoms with van der Waals surface area (Å²) in [4.78, 5) is 0. The fraction of sp³-hybridized carbons (Fsp3) is 0.400. The van der Waals surface area contributed by atoms with E-state index in [1.807, 2.05) is 0 Å². The lowest BCUT2D eigenvalue weighted by Gasteiger charge is -2.10. The fourth-order valence-corrected chi connectivity index (χ4v) is 1.44. The van der Waals surface area contributed by atoms with Gasteiger partial charge in [0.05, 0.1) is 0 Å². The van der Waals surface area contributed by atoms with Gasteiger partial charge in [-0.3, -0.25) is 0 Å². The van der Waals surface area contributed by atoms with Crippen molar-refractivity contribution in [3.63, 3.8) is 0 Å². The van der Waals surface area contributed by atoms with Gasteiger partial charge in [-0.05, 0) is 17.0 Å². The minimum Gasteiger partial charge on any atom is -0.222 e. The molecule has 0 aliphatic carbocycles. The molecule has 0 amide bonds. The van der Waals surface area contributed by atoms with Crippen LogP contribution in [0, 0.1) is 0 Å². The summed E-state index contributed by atoms with van der Waals surface area (Å²) in [5.74, 6) is 0.543. The zero-order valence-electron chi connectivity index (χ0n) is 8.36. The molecule has 1 aliphatic heterocycles. The molecule has 0 fully saturated rings. The van der Waals surface area contributed by atoms with Gasteiger partial charge < -0.3 is 0 Å². The highest BCUT2D eigenvalue weighted by molar-refractivity contribution is 5.27. The minimum atomic E-state index is -0.0475. The number of nitrogens with one attached hydrogen (secondary N) is 2. The van der Waals surface area contributed by atoms with Crippen molar-refractivity contribution in [1.29, 1.82) is 0 Å². The highest BCUT2D eigenvalue weighted by atomic mass is 15.7. The van der Waals surface area contributed by atoms with Crippen LogP contribution >= 0.6 is 0 Å². The maximum absolute atomic E-state index is 4.01. The van der Waals surface area contributed by atoms with Crippen molar-refractivity contribution in [3.05, 3.63) is 35.4 Å². The Hall–Kier alpha value is -1.42. The molecule has 1 aliphatic rings. The summed E-state index contributed by atoms with van der Waals surface area (Å²) in [5, 5.41) is 7.69. The first-order valence-corrected chi connectivity index (χ1v) is 4.77. The Balaban J connectivity index is 2.25. The molecule has 0 bridgehead atoms. The Kier molecular flexibility index (Phi) is 2.45. The SMILES string of the molecule is CC(C)c1cccc(C2N=NNN2)c1. The Morgan fingerprint density at radius 3 is 2.86 bits per heavy atom. The van der Waals surface area contributed by atoms with Crippen LogP contribution in [0.15, 0.2) is 34.6 Å². The molecule has 0 saturated heterocycles. The molecule has 0 saturated carbocycles. The number of nitrogens with zero attached hydrogens (tertiary/aromatic N) is 2. The van der Waals surface area contributed by atoms with Crippen molar-refractivity contribution in [2.45, 2.75) is 25.9 Å². The van der Waals surface area contributed by atoms with Crippen LogP contribution in [0.1, 0.15) is 37.1 Å². The van der Waals surface area contributed by atoms with Gasteiger partial charge in [0.15, 0.2) is 6.17 Å². The monoisotopic (exact) mass is 190 g/mol. The van der Waals surface area contributed by atoms with E-state index in [9.17, 15) is 0 Å². The number of hydrazine groups is 1. The molecule has 1 aromatic carbocycles. The molecule has 74 valence electrons. The van der Waals surface area contributed by atoms with E-state index >= 15 is 0 Å². The Labute approximate surface area is 83.4 Å². The van der Waals surface area contributed by atoms with Crippen LogP contribution in [0.3, 0.4) is 0 Å². The van der Waals surface area contributed by atoms with Crippen molar-refractivity contribution in [2.24, 2.45) is 10.3 Å². The molecular formula is C10H14N4. The minimum absolute atomic E-state index is 0.0475. The number of hydrogen-bond donors (Lipinski definition) is 2. The molecule has 2 rings (SSSR count). The first-order chi connectivity index (χ1) is 6.77. The van der Waals surface area contributed by atoms with Gasteiger partial charge in [0.2, 0.25) is 0 Å². The van der Waals surface area contributed by atoms with Crippen LogP contribution in [-0.2, 0) is 0 Å². The third-order valence-corrected chi connectivity index (χ3v) is 2.32. The predicted molar refractivity (Wildman–Crippen MR) is 54.4 cm³/mol. The van der Waals surface area contributed by atoms with Gasteiger partial charge in [-0.1, -0.05) is 43.3 Å². The summed E-state index contributed by atoms with van der Waals surface area (Å²) in [7, 11) is 0. The first-order valence-electron chi connectivity index (χ1n) is 4.77. The van der Waals surface area contributed by atoms with Crippen LogP contribution in [0.25, 0.3) is 0 Å². The average molecular weight is 190 g/mol. The van der Waals surface area contributed by atoms with Crippen molar-refractivity contribution in [2.75, 3.05) is 0 Å². The molecule has 2 N–H and O–H groups in total. The lowest BCUT2D eigenvalue weighted by Crippen LogP contribution is -2.24. The van der Waals surface area contributed by atoms with Crippen molar-refractivity contribution in [1.82, 2.24) is 11.0 Å². The van der Waals surface area contributed by atoms with E-state index in [1.54, 1.807) is 0 Å². The molecule has 14 heavy (non-hydrogen) atoms. The van der Waals surface area contributed by atoms with Gasteiger partial charge in [-0.25, -0.2) is 5.53 Å². The topological polar surface area (TPSA) is 48.8 Å². The predicted octanol–water partition coefficient (Wildman–Crippen LogP) is 2.28. The molecule has 0 spiro atoms. The lowest BCUT2D eigenvalue weighted by molar-refractivity contribution is 0.551. The smallest absolute Gasteiger partial charge is 0.166 e. The Morgan fingerprint density at radius 2 is 2.21 bits per heavy atom. The number of hydrogen-bond acceptors (Lipinski definition) is 4. The second-order valence-corrected chi connectivity index (χ2v) is 3.70. The number of benzene rings is 1. The molecule has 4 nitrogen and oxygen atoms in total. The molecule has 1 atom stereocenters. The van der Waals surface area contributed by atoms with Gasteiger partial charge >= 0.3 is 0 Å². The van der Waals surface area contributed by atoms with Gasteiger partial charge in [0.25, 0.3) is 0 Å². The first kappa shape index (κ1) is 9.15. The van der Waals surface area contributed by atoms with Crippen LogP contribution in [0.4, 0.5) is 0 Å². The molecule has 1 aromatic rings. The Morgan fingerprint density at radius 1 is 1.36 bits per heavy atom. The Bertz CT molecular complexity index is 346. The summed E-state index contributed by atoms with van der Waals surface area (Å²) >= 11 is 0. The molecule has 1 unspecified atom stereocenters. The summed E-state index contributed by atoms with van der Waals surface area (Å²) in [6.07, 6.45) is -0.0475. The van der Waals surface area contributed by atoms with Crippen LogP contribution in [-0.4, -0.2) is 0 Å². The summed E-state index contributed by atoms with van der Waals surface area (Å²) < 4.78 is 0.